The molecule has 150 valence electrons. The molecule has 3 N–H and O–H groups in total. The van der Waals surface area contributed by atoms with Crippen LogP contribution in [0.15, 0.2) is 48.5 Å². The summed E-state index contributed by atoms with van der Waals surface area (Å²) in [6.45, 7) is 0. The van der Waals surface area contributed by atoms with Gasteiger partial charge >= 0.3 is 6.03 Å². The third kappa shape index (κ3) is 4.74. The van der Waals surface area contributed by atoms with Crippen LogP contribution >= 0.6 is 0 Å². The molecular formula is C22H24N4O3. The van der Waals surface area contributed by atoms with Crippen LogP contribution in [-0.2, 0) is 4.79 Å². The fourth-order valence-corrected chi connectivity index (χ4v) is 3.10. The number of para-hydroxylation sites is 1. The molecule has 0 aliphatic heterocycles. The van der Waals surface area contributed by atoms with E-state index >= 15 is 0 Å². The minimum Gasteiger partial charge on any atom is -0.335 e. The third-order valence-electron chi connectivity index (χ3n) is 5.08. The van der Waals surface area contributed by atoms with Crippen molar-refractivity contribution in [3.63, 3.8) is 0 Å². The fourth-order valence-electron chi connectivity index (χ4n) is 3.10. The fraction of sp³-hybridized carbons (Fsp3) is 0.318. The summed E-state index contributed by atoms with van der Waals surface area (Å²) < 4.78 is 0. The van der Waals surface area contributed by atoms with Crippen LogP contribution in [0.25, 0.3) is 0 Å². The highest BCUT2D eigenvalue weighted by atomic mass is 16.2. The van der Waals surface area contributed by atoms with Gasteiger partial charge in [0.1, 0.15) is 0 Å². The molecule has 4 amide bonds. The molecule has 2 aromatic carbocycles. The van der Waals surface area contributed by atoms with Gasteiger partial charge in [-0.25, -0.2) is 4.79 Å². The first kappa shape index (κ1) is 19.0. The minimum atomic E-state index is -0.289. The molecule has 29 heavy (non-hydrogen) atoms. The largest absolute Gasteiger partial charge is 0.335 e. The van der Waals surface area contributed by atoms with E-state index in [9.17, 15) is 14.4 Å². The minimum absolute atomic E-state index is 0.0464. The van der Waals surface area contributed by atoms with E-state index in [0.29, 0.717) is 28.7 Å². The van der Waals surface area contributed by atoms with E-state index in [-0.39, 0.29) is 23.8 Å². The first-order valence-corrected chi connectivity index (χ1v) is 9.87. The Kier molecular flexibility index (Phi) is 5.20. The molecule has 0 bridgehead atoms. The zero-order valence-corrected chi connectivity index (χ0v) is 16.3. The van der Waals surface area contributed by atoms with Gasteiger partial charge in [0, 0.05) is 30.4 Å². The normalized spacial score (nSPS) is 15.3. The Bertz CT molecular complexity index is 933. The van der Waals surface area contributed by atoms with Crippen LogP contribution in [0.3, 0.4) is 0 Å². The maximum Gasteiger partial charge on any atom is 0.319 e. The number of benzene rings is 2. The quantitative estimate of drug-likeness (QED) is 0.702. The molecule has 2 aliphatic rings. The molecule has 0 heterocycles. The lowest BCUT2D eigenvalue weighted by Crippen LogP contribution is -2.30. The van der Waals surface area contributed by atoms with Gasteiger partial charge in [-0.15, -0.1) is 0 Å². The summed E-state index contributed by atoms with van der Waals surface area (Å²) in [6.07, 6.45) is 3.88. The average molecular weight is 392 g/mol. The van der Waals surface area contributed by atoms with Crippen molar-refractivity contribution in [3.05, 3.63) is 54.1 Å². The highest BCUT2D eigenvalue weighted by Gasteiger charge is 2.33. The van der Waals surface area contributed by atoms with Gasteiger partial charge in [-0.1, -0.05) is 12.1 Å². The molecule has 0 aromatic heterocycles. The zero-order chi connectivity index (χ0) is 20.4. The number of urea groups is 1. The van der Waals surface area contributed by atoms with E-state index in [1.165, 1.54) is 0 Å². The predicted octanol–water partition coefficient (Wildman–Crippen LogP) is 3.60. The van der Waals surface area contributed by atoms with E-state index in [4.69, 9.17) is 0 Å². The number of carbonyl (C=O) groups excluding carboxylic acids is 3. The highest BCUT2D eigenvalue weighted by molar-refractivity contribution is 6.11. The van der Waals surface area contributed by atoms with Crippen LogP contribution in [-0.4, -0.2) is 30.9 Å². The topological polar surface area (TPSA) is 90.5 Å². The second-order valence-electron chi connectivity index (χ2n) is 7.59. The third-order valence-corrected chi connectivity index (χ3v) is 5.08. The second kappa shape index (κ2) is 7.95. The standard InChI is InChI=1S/C22H24N4O3/c1-26(21(28)14-6-7-14)19-5-3-2-4-18(19)20(27)23-15-8-10-16(11-9-15)24-22(29)25-17-12-13-17/h2-5,8-11,14,17H,6-7,12-13H2,1H3,(H,23,27)(H2,24,25,29). The van der Waals surface area contributed by atoms with E-state index < -0.39 is 0 Å². The monoisotopic (exact) mass is 392 g/mol. The lowest BCUT2D eigenvalue weighted by atomic mass is 10.1. The van der Waals surface area contributed by atoms with Crippen molar-refractivity contribution in [2.75, 3.05) is 22.6 Å². The first-order chi connectivity index (χ1) is 14.0. The molecular weight excluding hydrogens is 368 g/mol. The van der Waals surface area contributed by atoms with E-state index in [1.54, 1.807) is 54.4 Å². The van der Waals surface area contributed by atoms with Crippen LogP contribution in [0, 0.1) is 5.92 Å². The van der Waals surface area contributed by atoms with Gasteiger partial charge in [0.2, 0.25) is 5.91 Å². The number of amides is 4. The van der Waals surface area contributed by atoms with E-state index in [0.717, 1.165) is 25.7 Å². The Morgan fingerprint density at radius 2 is 1.48 bits per heavy atom. The number of rotatable bonds is 6. The highest BCUT2D eigenvalue weighted by Crippen LogP contribution is 2.33. The number of nitrogens with one attached hydrogen (secondary N) is 3. The van der Waals surface area contributed by atoms with Gasteiger partial charge in [-0.3, -0.25) is 9.59 Å². The summed E-state index contributed by atoms with van der Waals surface area (Å²) in [5.41, 5.74) is 2.29. The maximum absolute atomic E-state index is 12.8. The van der Waals surface area contributed by atoms with Crippen molar-refractivity contribution in [3.8, 4) is 0 Å². The molecule has 0 spiro atoms. The Labute approximate surface area is 169 Å². The summed E-state index contributed by atoms with van der Waals surface area (Å²) in [4.78, 5) is 38.6. The lowest BCUT2D eigenvalue weighted by molar-refractivity contribution is -0.119. The Hall–Kier alpha value is -3.35. The lowest BCUT2D eigenvalue weighted by Gasteiger charge is -2.20. The number of anilines is 3. The van der Waals surface area contributed by atoms with Gasteiger partial charge in [-0.05, 0) is 62.1 Å². The molecule has 0 radical (unpaired) electrons. The number of hydrogen-bond acceptors (Lipinski definition) is 3. The van der Waals surface area contributed by atoms with Crippen LogP contribution in [0.5, 0.6) is 0 Å². The van der Waals surface area contributed by atoms with Crippen LogP contribution in [0.2, 0.25) is 0 Å². The molecule has 2 saturated carbocycles. The summed E-state index contributed by atoms with van der Waals surface area (Å²) in [6, 6.07) is 14.1. The van der Waals surface area contributed by atoms with Crippen molar-refractivity contribution in [2.24, 2.45) is 5.92 Å². The predicted molar refractivity (Wildman–Crippen MR) is 112 cm³/mol. The SMILES string of the molecule is CN(C(=O)C1CC1)c1ccccc1C(=O)Nc1ccc(NC(=O)NC2CC2)cc1. The van der Waals surface area contributed by atoms with Crippen LogP contribution in [0.4, 0.5) is 21.9 Å². The molecule has 2 aromatic rings. The molecule has 0 atom stereocenters. The van der Waals surface area contributed by atoms with E-state index in [1.807, 2.05) is 6.07 Å². The van der Waals surface area contributed by atoms with Crippen molar-refractivity contribution in [1.29, 1.82) is 0 Å². The molecule has 0 unspecified atom stereocenters. The zero-order valence-electron chi connectivity index (χ0n) is 16.3. The van der Waals surface area contributed by atoms with Gasteiger partial charge < -0.3 is 20.9 Å². The molecule has 4 rings (SSSR count). The molecule has 2 fully saturated rings. The Morgan fingerprint density at radius 3 is 2.10 bits per heavy atom. The summed E-state index contributed by atoms with van der Waals surface area (Å²) in [5.74, 6) is -0.165. The van der Waals surface area contributed by atoms with Crippen molar-refractivity contribution >= 4 is 34.9 Å². The maximum atomic E-state index is 12.8. The Morgan fingerprint density at radius 1 is 0.862 bits per heavy atom. The molecule has 7 heteroatoms. The second-order valence-corrected chi connectivity index (χ2v) is 7.59. The summed E-state index contributed by atoms with van der Waals surface area (Å²) in [7, 11) is 1.71. The van der Waals surface area contributed by atoms with E-state index in [2.05, 4.69) is 16.0 Å². The average Bonchev–Trinajstić information content (AvgIpc) is 3.63. The Balaban J connectivity index is 1.41. The van der Waals surface area contributed by atoms with Gasteiger partial charge in [0.05, 0.1) is 11.3 Å². The van der Waals surface area contributed by atoms with Gasteiger partial charge in [-0.2, -0.15) is 0 Å². The number of hydrogen-bond donors (Lipinski definition) is 3. The molecule has 2 aliphatic carbocycles. The number of carbonyl (C=O) groups is 3. The van der Waals surface area contributed by atoms with Crippen LogP contribution < -0.4 is 20.9 Å². The molecule has 0 saturated heterocycles. The molecule has 7 nitrogen and oxygen atoms in total. The van der Waals surface area contributed by atoms with Gasteiger partial charge in [0.25, 0.3) is 5.91 Å². The van der Waals surface area contributed by atoms with Crippen molar-refractivity contribution in [1.82, 2.24) is 5.32 Å². The van der Waals surface area contributed by atoms with Crippen LogP contribution in [0.1, 0.15) is 36.0 Å². The smallest absolute Gasteiger partial charge is 0.319 e. The van der Waals surface area contributed by atoms with Gasteiger partial charge in [0.15, 0.2) is 0 Å². The number of nitrogens with zero attached hydrogens (tertiary/aromatic N) is 1. The summed E-state index contributed by atoms with van der Waals surface area (Å²) >= 11 is 0. The first-order valence-electron chi connectivity index (χ1n) is 9.87. The van der Waals surface area contributed by atoms with Crippen molar-refractivity contribution < 1.29 is 14.4 Å². The summed E-state index contributed by atoms with van der Waals surface area (Å²) in [5, 5.41) is 8.48. The van der Waals surface area contributed by atoms with Crippen molar-refractivity contribution in [2.45, 2.75) is 31.7 Å².